The molecule has 0 aliphatic rings. The zero-order chi connectivity index (χ0) is 18.4. The second kappa shape index (κ2) is 7.77. The Hall–Kier alpha value is -2.91. The van der Waals surface area contributed by atoms with Crippen LogP contribution in [-0.2, 0) is 19.6 Å². The fourth-order valence-electron chi connectivity index (χ4n) is 1.95. The summed E-state index contributed by atoms with van der Waals surface area (Å²) in [5, 5.41) is 7.46. The first-order valence-electron chi connectivity index (χ1n) is 7.04. The molecule has 0 saturated carbocycles. The Kier molecular flexibility index (Phi) is 5.73. The van der Waals surface area contributed by atoms with Crippen LogP contribution in [0.2, 0.25) is 0 Å². The average Bonchev–Trinajstić information content (AvgIpc) is 2.59. The highest BCUT2D eigenvalue weighted by molar-refractivity contribution is 7.89. The second-order valence-electron chi connectivity index (χ2n) is 4.89. The second-order valence-corrected chi connectivity index (χ2v) is 6.46. The van der Waals surface area contributed by atoms with Crippen LogP contribution in [0.1, 0.15) is 10.4 Å². The summed E-state index contributed by atoms with van der Waals surface area (Å²) in [6.45, 7) is -0.506. The Labute approximate surface area is 144 Å². The van der Waals surface area contributed by atoms with E-state index in [1.54, 1.807) is 18.2 Å². The molecule has 2 aromatic rings. The van der Waals surface area contributed by atoms with E-state index in [2.05, 4.69) is 5.32 Å². The van der Waals surface area contributed by atoms with Crippen molar-refractivity contribution in [3.05, 3.63) is 54.1 Å². The number of esters is 1. The number of sulfonamides is 1. The molecule has 9 heteroatoms. The molecule has 2 rings (SSSR count). The fourth-order valence-corrected chi connectivity index (χ4v) is 2.46. The summed E-state index contributed by atoms with van der Waals surface area (Å²) in [6, 6.07) is 11.7. The van der Waals surface area contributed by atoms with Gasteiger partial charge in [-0.05, 0) is 36.4 Å². The number of nitrogens with one attached hydrogen (secondary N) is 1. The number of ether oxygens (including phenoxy) is 2. The zero-order valence-corrected chi connectivity index (χ0v) is 14.1. The van der Waals surface area contributed by atoms with Gasteiger partial charge in [0, 0.05) is 5.69 Å². The van der Waals surface area contributed by atoms with Crippen LogP contribution in [0.3, 0.4) is 0 Å². The van der Waals surface area contributed by atoms with Crippen molar-refractivity contribution in [3.8, 4) is 5.75 Å². The van der Waals surface area contributed by atoms with Crippen molar-refractivity contribution in [1.29, 1.82) is 0 Å². The van der Waals surface area contributed by atoms with Gasteiger partial charge in [0.1, 0.15) is 11.3 Å². The van der Waals surface area contributed by atoms with Crippen molar-refractivity contribution in [2.45, 2.75) is 4.90 Å². The minimum atomic E-state index is -3.80. The van der Waals surface area contributed by atoms with Crippen LogP contribution >= 0.6 is 0 Å². The van der Waals surface area contributed by atoms with Crippen LogP contribution in [0.15, 0.2) is 53.4 Å². The van der Waals surface area contributed by atoms with E-state index in [4.69, 9.17) is 14.6 Å². The van der Waals surface area contributed by atoms with E-state index in [9.17, 15) is 18.0 Å². The van der Waals surface area contributed by atoms with E-state index >= 15 is 0 Å². The minimum Gasteiger partial charge on any atom is -0.496 e. The summed E-state index contributed by atoms with van der Waals surface area (Å²) in [4.78, 5) is 23.7. The van der Waals surface area contributed by atoms with E-state index in [-0.39, 0.29) is 10.5 Å². The fraction of sp³-hybridized carbons (Fsp3) is 0.125. The normalized spacial score (nSPS) is 10.8. The molecular formula is C16H16N2O6S. The molecule has 0 bridgehead atoms. The van der Waals surface area contributed by atoms with Gasteiger partial charge in [0.2, 0.25) is 10.0 Å². The molecule has 0 saturated heterocycles. The number of nitrogens with two attached hydrogens (primary N) is 1. The van der Waals surface area contributed by atoms with Crippen LogP contribution < -0.4 is 15.2 Å². The standard InChI is InChI=1S/C16H16N2O6S/c1-23-14-5-3-2-4-13(14)16(20)24-10-15(19)18-11-6-8-12(9-7-11)25(17,21)22/h2-9H,10H2,1H3,(H,18,19)(H2,17,21,22). The van der Waals surface area contributed by atoms with E-state index in [1.165, 1.54) is 37.4 Å². The van der Waals surface area contributed by atoms with E-state index < -0.39 is 28.5 Å². The van der Waals surface area contributed by atoms with Gasteiger partial charge >= 0.3 is 5.97 Å². The molecule has 132 valence electrons. The van der Waals surface area contributed by atoms with Gasteiger partial charge in [0.25, 0.3) is 5.91 Å². The zero-order valence-electron chi connectivity index (χ0n) is 13.3. The van der Waals surface area contributed by atoms with Crippen LogP contribution in [0, 0.1) is 0 Å². The van der Waals surface area contributed by atoms with Crippen molar-refractivity contribution in [1.82, 2.24) is 0 Å². The van der Waals surface area contributed by atoms with Crippen molar-refractivity contribution in [2.75, 3.05) is 19.0 Å². The summed E-state index contributed by atoms with van der Waals surface area (Å²) >= 11 is 0. The Morgan fingerprint density at radius 2 is 1.72 bits per heavy atom. The van der Waals surface area contributed by atoms with Gasteiger partial charge < -0.3 is 14.8 Å². The number of amides is 1. The molecule has 0 heterocycles. The Morgan fingerprint density at radius 1 is 1.08 bits per heavy atom. The average molecular weight is 364 g/mol. The van der Waals surface area contributed by atoms with Gasteiger partial charge in [-0.25, -0.2) is 18.4 Å². The topological polar surface area (TPSA) is 125 Å². The number of benzene rings is 2. The lowest BCUT2D eigenvalue weighted by Gasteiger charge is -2.09. The van der Waals surface area contributed by atoms with Crippen LogP contribution in [0.4, 0.5) is 5.69 Å². The highest BCUT2D eigenvalue weighted by Crippen LogP contribution is 2.18. The van der Waals surface area contributed by atoms with Gasteiger partial charge in [-0.3, -0.25) is 4.79 Å². The largest absolute Gasteiger partial charge is 0.496 e. The molecule has 0 aliphatic heterocycles. The molecule has 1 amide bonds. The molecule has 2 aromatic carbocycles. The summed E-state index contributed by atoms with van der Waals surface area (Å²) in [5.41, 5.74) is 0.543. The third-order valence-corrected chi connectivity index (χ3v) is 4.06. The third kappa shape index (κ3) is 5.03. The molecule has 8 nitrogen and oxygen atoms in total. The molecule has 0 atom stereocenters. The first-order valence-corrected chi connectivity index (χ1v) is 8.59. The number of rotatable bonds is 6. The van der Waals surface area contributed by atoms with Crippen LogP contribution in [0.5, 0.6) is 5.75 Å². The minimum absolute atomic E-state index is 0.0758. The highest BCUT2D eigenvalue weighted by Gasteiger charge is 2.15. The van der Waals surface area contributed by atoms with Crippen molar-refractivity contribution < 1.29 is 27.5 Å². The number of hydrogen-bond acceptors (Lipinski definition) is 6. The molecule has 0 aromatic heterocycles. The molecule has 0 unspecified atom stereocenters. The maximum Gasteiger partial charge on any atom is 0.342 e. The highest BCUT2D eigenvalue weighted by atomic mass is 32.2. The van der Waals surface area contributed by atoms with E-state index in [1.807, 2.05) is 0 Å². The molecular weight excluding hydrogens is 348 g/mol. The molecule has 3 N–H and O–H groups in total. The van der Waals surface area contributed by atoms with Crippen molar-refractivity contribution >= 4 is 27.6 Å². The predicted octanol–water partition coefficient (Wildman–Crippen LogP) is 1.14. The Balaban J connectivity index is 1.93. The molecule has 0 spiro atoms. The number of methoxy groups -OCH3 is 1. The summed E-state index contributed by atoms with van der Waals surface area (Å²) in [7, 11) is -2.38. The summed E-state index contributed by atoms with van der Waals surface area (Å²) in [6.07, 6.45) is 0. The van der Waals surface area contributed by atoms with Gasteiger partial charge in [-0.15, -0.1) is 0 Å². The van der Waals surface area contributed by atoms with Gasteiger partial charge in [-0.1, -0.05) is 12.1 Å². The molecule has 0 aliphatic carbocycles. The van der Waals surface area contributed by atoms with Crippen LogP contribution in [0.25, 0.3) is 0 Å². The maximum absolute atomic E-state index is 12.0. The first kappa shape index (κ1) is 18.4. The van der Waals surface area contributed by atoms with Gasteiger partial charge in [0.15, 0.2) is 6.61 Å². The Bertz CT molecular complexity index is 878. The lowest BCUT2D eigenvalue weighted by Crippen LogP contribution is -2.21. The number of hydrogen-bond donors (Lipinski definition) is 2. The molecule has 25 heavy (non-hydrogen) atoms. The van der Waals surface area contributed by atoms with E-state index in [0.29, 0.717) is 11.4 Å². The number of carbonyl (C=O) groups is 2. The molecule has 0 radical (unpaired) electrons. The van der Waals surface area contributed by atoms with Gasteiger partial charge in [0.05, 0.1) is 12.0 Å². The lowest BCUT2D eigenvalue weighted by atomic mass is 10.2. The Morgan fingerprint density at radius 3 is 2.32 bits per heavy atom. The smallest absolute Gasteiger partial charge is 0.342 e. The van der Waals surface area contributed by atoms with Crippen molar-refractivity contribution in [3.63, 3.8) is 0 Å². The van der Waals surface area contributed by atoms with Gasteiger partial charge in [-0.2, -0.15) is 0 Å². The maximum atomic E-state index is 12.0. The SMILES string of the molecule is COc1ccccc1C(=O)OCC(=O)Nc1ccc(S(N)(=O)=O)cc1. The van der Waals surface area contributed by atoms with E-state index in [0.717, 1.165) is 0 Å². The predicted molar refractivity (Wildman–Crippen MR) is 89.7 cm³/mol. The van der Waals surface area contributed by atoms with Crippen LogP contribution in [-0.4, -0.2) is 34.0 Å². The lowest BCUT2D eigenvalue weighted by molar-refractivity contribution is -0.119. The monoisotopic (exact) mass is 364 g/mol. The number of para-hydroxylation sites is 1. The number of anilines is 1. The van der Waals surface area contributed by atoms with Crippen molar-refractivity contribution in [2.24, 2.45) is 5.14 Å². The quantitative estimate of drug-likeness (QED) is 0.741. The summed E-state index contributed by atoms with van der Waals surface area (Å²) < 4.78 is 32.3. The first-order chi connectivity index (χ1) is 11.8. The third-order valence-electron chi connectivity index (χ3n) is 3.13. The number of carbonyl (C=O) groups excluding carboxylic acids is 2. The molecule has 0 fully saturated rings. The number of primary sulfonamides is 1. The summed E-state index contributed by atoms with van der Waals surface area (Å²) in [5.74, 6) is -0.935.